The zero-order chi connectivity index (χ0) is 23.5. The highest BCUT2D eigenvalue weighted by Gasteiger charge is 2.22. The van der Waals surface area contributed by atoms with E-state index in [2.05, 4.69) is 5.32 Å². The molecule has 3 aromatic carbocycles. The standard InChI is InChI=1S/C26H28N2O4S/c1-32-25-14-12-23(13-15-25)16-18-27-26(29)21-28(20-24-10-6-3-7-11-24)33(30,31)19-17-22-8-4-2-5-9-22/h2-15,17,19H,16,18,20-21H2,1H3,(H,27,29). The molecule has 0 radical (unpaired) electrons. The molecule has 33 heavy (non-hydrogen) atoms. The fourth-order valence-corrected chi connectivity index (χ4v) is 4.32. The minimum Gasteiger partial charge on any atom is -0.497 e. The molecule has 6 nitrogen and oxygen atoms in total. The molecule has 0 aliphatic rings. The molecule has 0 aliphatic heterocycles. The lowest BCUT2D eigenvalue weighted by atomic mass is 10.1. The van der Waals surface area contributed by atoms with Crippen LogP contribution in [0.1, 0.15) is 16.7 Å². The Kier molecular flexibility index (Phi) is 8.80. The fraction of sp³-hybridized carbons (Fsp3) is 0.192. The summed E-state index contributed by atoms with van der Waals surface area (Å²) in [5.74, 6) is 0.421. The monoisotopic (exact) mass is 464 g/mol. The van der Waals surface area contributed by atoms with Crippen molar-refractivity contribution in [2.45, 2.75) is 13.0 Å². The van der Waals surface area contributed by atoms with Gasteiger partial charge in [-0.25, -0.2) is 8.42 Å². The lowest BCUT2D eigenvalue weighted by Crippen LogP contribution is -2.40. The predicted octanol–water partition coefficient (Wildman–Crippen LogP) is 3.86. The second-order valence-corrected chi connectivity index (χ2v) is 9.28. The van der Waals surface area contributed by atoms with E-state index in [-0.39, 0.29) is 19.0 Å². The van der Waals surface area contributed by atoms with Crippen LogP contribution in [0.25, 0.3) is 6.08 Å². The first-order valence-corrected chi connectivity index (χ1v) is 12.1. The van der Waals surface area contributed by atoms with Gasteiger partial charge in [-0.05, 0) is 41.3 Å². The minimum atomic E-state index is -3.82. The second-order valence-electron chi connectivity index (χ2n) is 7.46. The van der Waals surface area contributed by atoms with Crippen molar-refractivity contribution in [2.75, 3.05) is 20.2 Å². The third kappa shape index (κ3) is 7.89. The van der Waals surface area contributed by atoms with Gasteiger partial charge >= 0.3 is 0 Å². The maximum absolute atomic E-state index is 13.0. The van der Waals surface area contributed by atoms with Gasteiger partial charge in [-0.3, -0.25) is 4.79 Å². The molecular formula is C26H28N2O4S. The summed E-state index contributed by atoms with van der Waals surface area (Å²) in [6, 6.07) is 26.0. The first-order valence-electron chi connectivity index (χ1n) is 10.6. The average Bonchev–Trinajstić information content (AvgIpc) is 2.84. The number of hydrogen-bond acceptors (Lipinski definition) is 4. The third-order valence-corrected chi connectivity index (χ3v) is 6.47. The van der Waals surface area contributed by atoms with Gasteiger partial charge in [-0.2, -0.15) is 4.31 Å². The van der Waals surface area contributed by atoms with Gasteiger partial charge < -0.3 is 10.1 Å². The molecule has 0 bridgehead atoms. The Morgan fingerprint density at radius 1 is 0.909 bits per heavy atom. The van der Waals surface area contributed by atoms with Gasteiger partial charge in [0.1, 0.15) is 5.75 Å². The third-order valence-electron chi connectivity index (χ3n) is 5.01. The molecule has 0 saturated heterocycles. The van der Waals surface area contributed by atoms with E-state index < -0.39 is 10.0 Å². The number of carbonyl (C=O) groups is 1. The summed E-state index contributed by atoms with van der Waals surface area (Å²) in [7, 11) is -2.21. The van der Waals surface area contributed by atoms with Crippen LogP contribution in [0.15, 0.2) is 90.3 Å². The number of methoxy groups -OCH3 is 1. The Balaban J connectivity index is 1.65. The van der Waals surface area contributed by atoms with Gasteiger partial charge in [-0.1, -0.05) is 72.8 Å². The SMILES string of the molecule is COc1ccc(CCNC(=O)CN(Cc2ccccc2)S(=O)(=O)C=Cc2ccccc2)cc1. The van der Waals surface area contributed by atoms with Crippen LogP contribution in [0.2, 0.25) is 0 Å². The zero-order valence-corrected chi connectivity index (χ0v) is 19.4. The van der Waals surface area contributed by atoms with Crippen molar-refractivity contribution >= 4 is 22.0 Å². The van der Waals surface area contributed by atoms with Gasteiger partial charge in [0.25, 0.3) is 0 Å². The summed E-state index contributed by atoms with van der Waals surface area (Å²) in [6.07, 6.45) is 2.17. The van der Waals surface area contributed by atoms with Gasteiger partial charge in [0.15, 0.2) is 0 Å². The number of nitrogens with one attached hydrogen (secondary N) is 1. The number of benzene rings is 3. The molecule has 1 amide bonds. The van der Waals surface area contributed by atoms with Gasteiger partial charge in [-0.15, -0.1) is 0 Å². The average molecular weight is 465 g/mol. The first-order chi connectivity index (χ1) is 16.0. The van der Waals surface area contributed by atoms with Crippen molar-refractivity contribution in [3.63, 3.8) is 0 Å². The molecule has 7 heteroatoms. The van der Waals surface area contributed by atoms with Crippen molar-refractivity contribution in [2.24, 2.45) is 0 Å². The number of rotatable bonds is 11. The summed E-state index contributed by atoms with van der Waals surface area (Å²) >= 11 is 0. The van der Waals surface area contributed by atoms with Gasteiger partial charge in [0.2, 0.25) is 15.9 Å². The van der Waals surface area contributed by atoms with Crippen molar-refractivity contribution in [3.8, 4) is 5.75 Å². The molecule has 0 spiro atoms. The van der Waals surface area contributed by atoms with Crippen molar-refractivity contribution in [1.29, 1.82) is 0 Å². The van der Waals surface area contributed by atoms with E-state index in [1.807, 2.05) is 84.9 Å². The van der Waals surface area contributed by atoms with E-state index in [1.54, 1.807) is 7.11 Å². The number of ether oxygens (including phenoxy) is 1. The Morgan fingerprint density at radius 3 is 2.18 bits per heavy atom. The predicted molar refractivity (Wildman–Crippen MR) is 131 cm³/mol. The van der Waals surface area contributed by atoms with Crippen LogP contribution in [0.3, 0.4) is 0 Å². The Labute approximate surface area is 195 Å². The molecule has 3 rings (SSSR count). The Morgan fingerprint density at radius 2 is 1.55 bits per heavy atom. The maximum atomic E-state index is 13.0. The van der Waals surface area contributed by atoms with Crippen molar-refractivity contribution in [3.05, 3.63) is 107 Å². The maximum Gasteiger partial charge on any atom is 0.237 e. The zero-order valence-electron chi connectivity index (χ0n) is 18.6. The molecule has 0 heterocycles. The van der Waals surface area contributed by atoms with Gasteiger partial charge in [0.05, 0.1) is 13.7 Å². The van der Waals surface area contributed by atoms with E-state index in [1.165, 1.54) is 10.4 Å². The van der Waals surface area contributed by atoms with Crippen LogP contribution >= 0.6 is 0 Å². The molecule has 0 unspecified atom stereocenters. The number of nitrogens with zero attached hydrogens (tertiary/aromatic N) is 1. The summed E-state index contributed by atoms with van der Waals surface area (Å²) in [4.78, 5) is 12.6. The molecular weight excluding hydrogens is 436 g/mol. The molecule has 0 saturated carbocycles. The van der Waals surface area contributed by atoms with Gasteiger partial charge in [0, 0.05) is 18.5 Å². The summed E-state index contributed by atoms with van der Waals surface area (Å²) in [5.41, 5.74) is 2.63. The van der Waals surface area contributed by atoms with Crippen LogP contribution in [-0.2, 0) is 27.8 Å². The minimum absolute atomic E-state index is 0.105. The molecule has 0 fully saturated rings. The molecule has 0 aromatic heterocycles. The number of sulfonamides is 1. The summed E-state index contributed by atoms with van der Waals surface area (Å²) in [6.45, 7) is 0.247. The van der Waals surface area contributed by atoms with E-state index >= 15 is 0 Å². The van der Waals surface area contributed by atoms with Crippen LogP contribution in [0.5, 0.6) is 5.75 Å². The highest BCUT2D eigenvalue weighted by atomic mass is 32.2. The first kappa shape index (κ1) is 24.2. The largest absolute Gasteiger partial charge is 0.497 e. The summed E-state index contributed by atoms with van der Waals surface area (Å²) in [5, 5.41) is 3.97. The van der Waals surface area contributed by atoms with Crippen LogP contribution in [0.4, 0.5) is 0 Å². The molecule has 0 atom stereocenters. The number of amides is 1. The molecule has 0 aliphatic carbocycles. The topological polar surface area (TPSA) is 75.7 Å². The van der Waals surface area contributed by atoms with E-state index in [0.29, 0.717) is 13.0 Å². The van der Waals surface area contributed by atoms with Crippen LogP contribution in [0, 0.1) is 0 Å². The van der Waals surface area contributed by atoms with Crippen LogP contribution < -0.4 is 10.1 Å². The van der Waals surface area contributed by atoms with E-state index in [0.717, 1.165) is 27.8 Å². The lowest BCUT2D eigenvalue weighted by Gasteiger charge is -2.20. The highest BCUT2D eigenvalue weighted by molar-refractivity contribution is 7.92. The Bertz CT molecular complexity index is 1150. The van der Waals surface area contributed by atoms with Crippen molar-refractivity contribution in [1.82, 2.24) is 9.62 Å². The smallest absolute Gasteiger partial charge is 0.237 e. The number of carbonyl (C=O) groups excluding carboxylic acids is 1. The fourth-order valence-electron chi connectivity index (χ4n) is 3.19. The number of hydrogen-bond donors (Lipinski definition) is 1. The Hall–Kier alpha value is -3.42. The normalized spacial score (nSPS) is 11.6. The quantitative estimate of drug-likeness (QED) is 0.468. The van der Waals surface area contributed by atoms with Crippen molar-refractivity contribution < 1.29 is 17.9 Å². The lowest BCUT2D eigenvalue weighted by molar-refractivity contribution is -0.121. The van der Waals surface area contributed by atoms with Crippen LogP contribution in [-0.4, -0.2) is 38.8 Å². The molecule has 172 valence electrons. The van der Waals surface area contributed by atoms with E-state index in [9.17, 15) is 13.2 Å². The summed E-state index contributed by atoms with van der Waals surface area (Å²) < 4.78 is 32.4. The molecule has 3 aromatic rings. The molecule has 1 N–H and O–H groups in total. The highest BCUT2D eigenvalue weighted by Crippen LogP contribution is 2.13. The second kappa shape index (κ2) is 12.0. The van der Waals surface area contributed by atoms with E-state index in [4.69, 9.17) is 4.74 Å².